The number of hydrogen-bond acceptors (Lipinski definition) is 4. The molecule has 0 N–H and O–H groups in total. The molecule has 0 aliphatic carbocycles. The van der Waals surface area contributed by atoms with Crippen molar-refractivity contribution in [2.24, 2.45) is 0 Å². The Bertz CT molecular complexity index is 1570. The van der Waals surface area contributed by atoms with Gasteiger partial charge in [-0.15, -0.1) is 0 Å². The Kier molecular flexibility index (Phi) is 3.30. The monoisotopic (exact) mass is 404 g/mol. The van der Waals surface area contributed by atoms with E-state index in [9.17, 15) is 14.4 Å². The number of esters is 2. The van der Waals surface area contributed by atoms with Crippen LogP contribution in [0.4, 0.5) is 0 Å². The lowest BCUT2D eigenvalue weighted by atomic mass is 9.83. The van der Waals surface area contributed by atoms with E-state index in [4.69, 9.17) is 4.74 Å². The summed E-state index contributed by atoms with van der Waals surface area (Å²) in [6, 6.07) is 15.1. The second-order valence-corrected chi connectivity index (χ2v) is 8.16. The second kappa shape index (κ2) is 5.76. The zero-order valence-electron chi connectivity index (χ0n) is 17.0. The molecule has 0 unspecified atom stereocenters. The van der Waals surface area contributed by atoms with Gasteiger partial charge >= 0.3 is 11.9 Å². The van der Waals surface area contributed by atoms with E-state index in [-0.39, 0.29) is 5.78 Å². The largest absolute Gasteiger partial charge is 0.386 e. The maximum atomic E-state index is 12.5. The Hall–Kier alpha value is -4.05. The van der Waals surface area contributed by atoms with Crippen LogP contribution < -0.4 is 0 Å². The summed E-state index contributed by atoms with van der Waals surface area (Å²) in [5, 5.41) is 7.20. The third kappa shape index (κ3) is 2.11. The molecule has 31 heavy (non-hydrogen) atoms. The van der Waals surface area contributed by atoms with E-state index in [0.717, 1.165) is 48.8 Å². The molecule has 0 atom stereocenters. The molecule has 0 radical (unpaired) electrons. The molecule has 0 fully saturated rings. The van der Waals surface area contributed by atoms with Crippen molar-refractivity contribution < 1.29 is 19.1 Å². The van der Waals surface area contributed by atoms with Crippen molar-refractivity contribution >= 4 is 66.4 Å². The van der Waals surface area contributed by atoms with Crippen molar-refractivity contribution in [1.29, 1.82) is 0 Å². The predicted octanol–water partition coefficient (Wildman–Crippen LogP) is 6.28. The smallest absolute Gasteiger partial charge is 0.346 e. The standard InChI is InChI=1S/C27H16O4/c1-12(2)14-4-6-16-18-8-10-20-25-21(27(30)31-26(20)29)11-9-19(24(18)25)17-7-5-15(13(3)28)22(14)23(16)17/h4-11H,1H2,2-3H3. The molecule has 1 heterocycles. The van der Waals surface area contributed by atoms with E-state index < -0.39 is 11.9 Å². The maximum Gasteiger partial charge on any atom is 0.346 e. The summed E-state index contributed by atoms with van der Waals surface area (Å²) < 4.78 is 4.92. The first-order valence-electron chi connectivity index (χ1n) is 10.0. The zero-order valence-corrected chi connectivity index (χ0v) is 17.0. The average molecular weight is 404 g/mol. The molecule has 5 aromatic carbocycles. The number of carbonyl (C=O) groups excluding carboxylic acids is 3. The number of rotatable bonds is 2. The van der Waals surface area contributed by atoms with E-state index in [1.807, 2.05) is 43.3 Å². The van der Waals surface area contributed by atoms with Gasteiger partial charge in [0.15, 0.2) is 5.78 Å². The Balaban J connectivity index is 1.96. The molecule has 0 saturated heterocycles. The lowest BCUT2D eigenvalue weighted by Crippen LogP contribution is -2.19. The van der Waals surface area contributed by atoms with Crippen LogP contribution in [0.2, 0.25) is 0 Å². The Morgan fingerprint density at radius 1 is 0.645 bits per heavy atom. The number of ketones is 1. The Morgan fingerprint density at radius 3 is 1.58 bits per heavy atom. The third-order valence-corrected chi connectivity index (χ3v) is 6.37. The van der Waals surface area contributed by atoms with Crippen molar-refractivity contribution in [1.82, 2.24) is 0 Å². The van der Waals surface area contributed by atoms with Gasteiger partial charge in [0.1, 0.15) is 0 Å². The van der Waals surface area contributed by atoms with Gasteiger partial charge in [-0.25, -0.2) is 9.59 Å². The quantitative estimate of drug-likeness (QED) is 0.114. The summed E-state index contributed by atoms with van der Waals surface area (Å²) >= 11 is 0. The number of hydrogen-bond donors (Lipinski definition) is 0. The number of ether oxygens (including phenoxy) is 1. The van der Waals surface area contributed by atoms with Crippen LogP contribution in [0.5, 0.6) is 0 Å². The fourth-order valence-corrected chi connectivity index (χ4v) is 5.07. The summed E-state index contributed by atoms with van der Waals surface area (Å²) in [6.07, 6.45) is 0. The van der Waals surface area contributed by atoms with Crippen molar-refractivity contribution in [3.05, 3.63) is 77.4 Å². The first-order valence-corrected chi connectivity index (χ1v) is 10.0. The molecule has 0 bridgehead atoms. The van der Waals surface area contributed by atoms with E-state index in [1.54, 1.807) is 19.1 Å². The van der Waals surface area contributed by atoms with Crippen LogP contribution in [0.25, 0.3) is 48.7 Å². The van der Waals surface area contributed by atoms with Gasteiger partial charge in [-0.1, -0.05) is 48.6 Å². The molecule has 1 aliphatic heterocycles. The summed E-state index contributed by atoms with van der Waals surface area (Å²) in [7, 11) is 0. The minimum atomic E-state index is -0.623. The molecule has 0 spiro atoms. The maximum absolute atomic E-state index is 12.5. The highest BCUT2D eigenvalue weighted by Crippen LogP contribution is 2.45. The number of cyclic esters (lactones) is 2. The van der Waals surface area contributed by atoms with Crippen LogP contribution in [0.15, 0.2) is 55.1 Å². The van der Waals surface area contributed by atoms with E-state index in [1.165, 1.54) is 0 Å². The Labute approximate surface area is 177 Å². The van der Waals surface area contributed by atoms with Gasteiger partial charge in [0.25, 0.3) is 0 Å². The van der Waals surface area contributed by atoms with E-state index >= 15 is 0 Å². The SMILES string of the molecule is C=C(C)c1ccc2c3ccc4c5c(ccc(c6ccc(C(C)=O)c1c26)c53)C(=O)OC4=O. The van der Waals surface area contributed by atoms with Gasteiger partial charge in [-0.05, 0) is 63.9 Å². The average Bonchev–Trinajstić information content (AvgIpc) is 2.75. The van der Waals surface area contributed by atoms with Crippen molar-refractivity contribution in [3.63, 3.8) is 0 Å². The molecule has 0 saturated carbocycles. The number of benzene rings is 5. The summed E-state index contributed by atoms with van der Waals surface area (Å²) in [5.41, 5.74) is 3.28. The summed E-state index contributed by atoms with van der Waals surface area (Å²) in [6.45, 7) is 7.63. The van der Waals surface area contributed by atoms with Crippen LogP contribution in [0.3, 0.4) is 0 Å². The highest BCUT2D eigenvalue weighted by molar-refractivity contribution is 6.38. The zero-order chi connectivity index (χ0) is 21.6. The predicted molar refractivity (Wildman–Crippen MR) is 122 cm³/mol. The fraction of sp³-hybridized carbons (Fsp3) is 0.0741. The summed E-state index contributed by atoms with van der Waals surface area (Å²) in [4.78, 5) is 37.3. The molecule has 148 valence electrons. The van der Waals surface area contributed by atoms with Crippen molar-refractivity contribution in [3.8, 4) is 0 Å². The first-order chi connectivity index (χ1) is 14.9. The summed E-state index contributed by atoms with van der Waals surface area (Å²) in [5.74, 6) is -1.25. The van der Waals surface area contributed by atoms with Crippen molar-refractivity contribution in [2.75, 3.05) is 0 Å². The normalized spacial score (nSPS) is 13.5. The minimum absolute atomic E-state index is 0.00409. The molecular formula is C27H16O4. The van der Waals surface area contributed by atoms with Crippen LogP contribution in [0, 0.1) is 0 Å². The van der Waals surface area contributed by atoms with Gasteiger partial charge < -0.3 is 4.74 Å². The molecule has 0 amide bonds. The molecule has 4 heteroatoms. The number of allylic oxidation sites excluding steroid dienone is 1. The van der Waals surface area contributed by atoms with Crippen LogP contribution >= 0.6 is 0 Å². The second-order valence-electron chi connectivity index (χ2n) is 8.16. The molecule has 0 aromatic heterocycles. The number of Topliss-reactive ketones (excluding diaryl/α,β-unsaturated/α-hetero) is 1. The fourth-order valence-electron chi connectivity index (χ4n) is 5.07. The lowest BCUT2D eigenvalue weighted by Gasteiger charge is -2.21. The van der Waals surface area contributed by atoms with Crippen LogP contribution in [-0.4, -0.2) is 17.7 Å². The van der Waals surface area contributed by atoms with Gasteiger partial charge in [0.05, 0.1) is 11.1 Å². The van der Waals surface area contributed by atoms with Gasteiger partial charge in [0, 0.05) is 16.3 Å². The number of fused-ring (bicyclic) bond motifs is 2. The van der Waals surface area contributed by atoms with Gasteiger partial charge in [0.2, 0.25) is 0 Å². The molecular weight excluding hydrogens is 388 g/mol. The van der Waals surface area contributed by atoms with Crippen molar-refractivity contribution in [2.45, 2.75) is 13.8 Å². The minimum Gasteiger partial charge on any atom is -0.386 e. The topological polar surface area (TPSA) is 60.4 Å². The molecule has 1 aliphatic rings. The van der Waals surface area contributed by atoms with E-state index in [2.05, 4.69) is 6.58 Å². The third-order valence-electron chi connectivity index (χ3n) is 6.37. The van der Waals surface area contributed by atoms with Crippen LogP contribution in [-0.2, 0) is 4.74 Å². The number of carbonyl (C=O) groups is 3. The first kappa shape index (κ1) is 17.8. The van der Waals surface area contributed by atoms with Crippen LogP contribution in [0.1, 0.15) is 50.5 Å². The Morgan fingerprint density at radius 2 is 1.10 bits per heavy atom. The van der Waals surface area contributed by atoms with Gasteiger partial charge in [-0.3, -0.25) is 4.79 Å². The highest BCUT2D eigenvalue weighted by Gasteiger charge is 2.29. The molecule has 4 nitrogen and oxygen atoms in total. The molecule has 5 aromatic rings. The van der Waals surface area contributed by atoms with Gasteiger partial charge in [-0.2, -0.15) is 0 Å². The lowest BCUT2D eigenvalue weighted by molar-refractivity contribution is 0.0391. The highest BCUT2D eigenvalue weighted by atomic mass is 16.6. The van der Waals surface area contributed by atoms with E-state index in [0.29, 0.717) is 22.1 Å². The molecule has 6 rings (SSSR count).